The maximum Gasteiger partial charge on any atom is 0.243 e. The van der Waals surface area contributed by atoms with Gasteiger partial charge in [0, 0.05) is 35.1 Å². The molecule has 0 aliphatic rings. The molecule has 0 aromatic heterocycles. The van der Waals surface area contributed by atoms with Gasteiger partial charge in [0.2, 0.25) is 11.8 Å². The Morgan fingerprint density at radius 3 is 2.18 bits per heavy atom. The van der Waals surface area contributed by atoms with Crippen molar-refractivity contribution in [3.8, 4) is 0 Å². The van der Waals surface area contributed by atoms with E-state index in [9.17, 15) is 9.59 Å². The van der Waals surface area contributed by atoms with Gasteiger partial charge in [-0.25, -0.2) is 0 Å². The molecule has 6 heteroatoms. The van der Waals surface area contributed by atoms with Crippen molar-refractivity contribution in [1.82, 2.24) is 10.2 Å². The van der Waals surface area contributed by atoms with Crippen LogP contribution in [0.3, 0.4) is 0 Å². The number of likely N-dealkylation sites (N-methyl/N-ethyl adjacent to an activating group) is 1. The van der Waals surface area contributed by atoms with Gasteiger partial charge < -0.3 is 10.2 Å². The Labute approximate surface area is 211 Å². The van der Waals surface area contributed by atoms with Gasteiger partial charge in [-0.1, -0.05) is 77.8 Å². The first-order valence-corrected chi connectivity index (χ1v) is 12.2. The summed E-state index contributed by atoms with van der Waals surface area (Å²) in [4.78, 5) is 28.6. The van der Waals surface area contributed by atoms with Crippen LogP contribution in [0.5, 0.6) is 0 Å². The maximum atomic E-state index is 13.7. The summed E-state index contributed by atoms with van der Waals surface area (Å²) in [5.41, 5.74) is 4.78. The zero-order valence-electron chi connectivity index (χ0n) is 19.8. The number of nitrogens with zero attached hydrogens (tertiary/aromatic N) is 1. The van der Waals surface area contributed by atoms with E-state index >= 15 is 0 Å². The SMILES string of the molecule is CCNC(=O)C(Cc1ccccc1)N(Cc1c(Cl)cccc1Cl)C(=O)Cc1ccc(C)c(C)c1. The van der Waals surface area contributed by atoms with Gasteiger partial charge in [0.25, 0.3) is 0 Å². The topological polar surface area (TPSA) is 49.4 Å². The van der Waals surface area contributed by atoms with Crippen LogP contribution in [-0.4, -0.2) is 29.3 Å². The number of amides is 2. The molecule has 3 aromatic carbocycles. The molecule has 0 saturated carbocycles. The second kappa shape index (κ2) is 12.0. The fourth-order valence-electron chi connectivity index (χ4n) is 3.89. The molecule has 2 amide bonds. The minimum Gasteiger partial charge on any atom is -0.355 e. The number of carbonyl (C=O) groups excluding carboxylic acids is 2. The molecular weight excluding hydrogens is 467 g/mol. The molecule has 3 aromatic rings. The molecule has 178 valence electrons. The Hall–Kier alpha value is -2.82. The number of halogens is 2. The minimum atomic E-state index is -0.714. The monoisotopic (exact) mass is 496 g/mol. The molecule has 0 aliphatic carbocycles. The summed E-state index contributed by atoms with van der Waals surface area (Å²) in [5.74, 6) is -0.366. The van der Waals surface area contributed by atoms with E-state index in [0.29, 0.717) is 28.6 Å². The average Bonchev–Trinajstić information content (AvgIpc) is 2.81. The highest BCUT2D eigenvalue weighted by molar-refractivity contribution is 6.36. The molecule has 4 nitrogen and oxygen atoms in total. The molecule has 0 fully saturated rings. The first-order valence-electron chi connectivity index (χ1n) is 11.4. The van der Waals surface area contributed by atoms with Gasteiger partial charge in [-0.05, 0) is 55.2 Å². The fraction of sp³-hybridized carbons (Fsp3) is 0.286. The molecule has 34 heavy (non-hydrogen) atoms. The van der Waals surface area contributed by atoms with Crippen molar-refractivity contribution < 1.29 is 9.59 Å². The molecule has 1 atom stereocenters. The maximum absolute atomic E-state index is 13.7. The van der Waals surface area contributed by atoms with Crippen LogP contribution in [0.4, 0.5) is 0 Å². The van der Waals surface area contributed by atoms with E-state index in [0.717, 1.165) is 16.7 Å². The van der Waals surface area contributed by atoms with Crippen LogP contribution in [0.15, 0.2) is 66.7 Å². The van der Waals surface area contributed by atoms with Crippen LogP contribution in [-0.2, 0) is 29.0 Å². The zero-order valence-corrected chi connectivity index (χ0v) is 21.3. The normalized spacial score (nSPS) is 11.7. The van der Waals surface area contributed by atoms with Crippen molar-refractivity contribution in [2.45, 2.75) is 46.2 Å². The van der Waals surface area contributed by atoms with Crippen molar-refractivity contribution in [2.75, 3.05) is 6.54 Å². The summed E-state index contributed by atoms with van der Waals surface area (Å²) in [7, 11) is 0. The molecular formula is C28H30Cl2N2O2. The standard InChI is InChI=1S/C28H30Cl2N2O2/c1-4-31-28(34)26(16-21-9-6-5-7-10-21)32(18-23-24(29)11-8-12-25(23)30)27(33)17-22-14-13-19(2)20(3)15-22/h5-15,26H,4,16-18H2,1-3H3,(H,31,34). The average molecular weight is 497 g/mol. The second-order valence-electron chi connectivity index (χ2n) is 8.42. The molecule has 1 unspecified atom stereocenters. The van der Waals surface area contributed by atoms with E-state index < -0.39 is 6.04 Å². The predicted octanol–water partition coefficient (Wildman–Crippen LogP) is 5.93. The number of carbonyl (C=O) groups is 2. The lowest BCUT2D eigenvalue weighted by atomic mass is 10.00. The van der Waals surface area contributed by atoms with Gasteiger partial charge in [0.15, 0.2) is 0 Å². The van der Waals surface area contributed by atoms with Crippen LogP contribution in [0.25, 0.3) is 0 Å². The highest BCUT2D eigenvalue weighted by atomic mass is 35.5. The highest BCUT2D eigenvalue weighted by Crippen LogP contribution is 2.27. The number of hydrogen-bond donors (Lipinski definition) is 1. The third-order valence-electron chi connectivity index (χ3n) is 5.94. The van der Waals surface area contributed by atoms with Gasteiger partial charge in [0.1, 0.15) is 6.04 Å². The number of rotatable bonds is 9. The summed E-state index contributed by atoms with van der Waals surface area (Å²) in [5, 5.41) is 3.83. The summed E-state index contributed by atoms with van der Waals surface area (Å²) in [6.07, 6.45) is 0.557. The smallest absolute Gasteiger partial charge is 0.243 e. The van der Waals surface area contributed by atoms with Gasteiger partial charge in [-0.15, -0.1) is 0 Å². The Morgan fingerprint density at radius 1 is 0.882 bits per heavy atom. The summed E-state index contributed by atoms with van der Waals surface area (Å²) in [6.45, 7) is 6.53. The Balaban J connectivity index is 2.01. The van der Waals surface area contributed by atoms with Crippen molar-refractivity contribution in [1.29, 1.82) is 0 Å². The van der Waals surface area contributed by atoms with Crippen LogP contribution < -0.4 is 5.32 Å². The van der Waals surface area contributed by atoms with E-state index in [2.05, 4.69) is 5.32 Å². The first-order chi connectivity index (χ1) is 16.3. The van der Waals surface area contributed by atoms with E-state index in [1.165, 1.54) is 5.56 Å². The number of nitrogens with one attached hydrogen (secondary N) is 1. The highest BCUT2D eigenvalue weighted by Gasteiger charge is 2.31. The van der Waals surface area contributed by atoms with Crippen molar-refractivity contribution in [3.63, 3.8) is 0 Å². The molecule has 0 heterocycles. The van der Waals surface area contributed by atoms with Gasteiger partial charge in [-0.2, -0.15) is 0 Å². The van der Waals surface area contributed by atoms with Crippen LogP contribution >= 0.6 is 23.2 Å². The lowest BCUT2D eigenvalue weighted by Gasteiger charge is -2.32. The molecule has 3 rings (SSSR count). The van der Waals surface area contributed by atoms with Crippen LogP contribution in [0, 0.1) is 13.8 Å². The fourth-order valence-corrected chi connectivity index (χ4v) is 4.41. The number of hydrogen-bond acceptors (Lipinski definition) is 2. The quantitative estimate of drug-likeness (QED) is 0.399. The Kier molecular flexibility index (Phi) is 9.14. The predicted molar refractivity (Wildman–Crippen MR) is 139 cm³/mol. The molecule has 0 bridgehead atoms. The molecule has 0 radical (unpaired) electrons. The van der Waals surface area contributed by atoms with Gasteiger partial charge in [0.05, 0.1) is 6.42 Å². The first kappa shape index (κ1) is 25.8. The van der Waals surface area contributed by atoms with E-state index in [-0.39, 0.29) is 24.8 Å². The van der Waals surface area contributed by atoms with Crippen molar-refractivity contribution in [3.05, 3.63) is 105 Å². The lowest BCUT2D eigenvalue weighted by molar-refractivity contribution is -0.140. The third-order valence-corrected chi connectivity index (χ3v) is 6.65. The van der Waals surface area contributed by atoms with Crippen molar-refractivity contribution in [2.24, 2.45) is 0 Å². The van der Waals surface area contributed by atoms with Gasteiger partial charge in [-0.3, -0.25) is 9.59 Å². The molecule has 0 aliphatic heterocycles. The Morgan fingerprint density at radius 2 is 1.56 bits per heavy atom. The summed E-state index contributed by atoms with van der Waals surface area (Å²) >= 11 is 12.9. The van der Waals surface area contributed by atoms with E-state index in [4.69, 9.17) is 23.2 Å². The summed E-state index contributed by atoms with van der Waals surface area (Å²) in [6, 6.07) is 20.2. The molecule has 0 saturated heterocycles. The van der Waals surface area contributed by atoms with Gasteiger partial charge >= 0.3 is 0 Å². The molecule has 1 N–H and O–H groups in total. The lowest BCUT2D eigenvalue weighted by Crippen LogP contribution is -2.51. The third kappa shape index (κ3) is 6.62. The summed E-state index contributed by atoms with van der Waals surface area (Å²) < 4.78 is 0. The van der Waals surface area contributed by atoms with Crippen LogP contribution in [0.1, 0.15) is 34.7 Å². The van der Waals surface area contributed by atoms with E-state index in [1.54, 1.807) is 23.1 Å². The Bertz CT molecular complexity index is 1130. The second-order valence-corrected chi connectivity index (χ2v) is 9.23. The number of aryl methyl sites for hydroxylation is 2. The largest absolute Gasteiger partial charge is 0.355 e. The minimum absolute atomic E-state index is 0.136. The van der Waals surface area contributed by atoms with Crippen molar-refractivity contribution >= 4 is 35.0 Å². The van der Waals surface area contributed by atoms with Crippen LogP contribution in [0.2, 0.25) is 10.0 Å². The number of benzene rings is 3. The molecule has 0 spiro atoms. The zero-order chi connectivity index (χ0) is 24.7. The van der Waals surface area contributed by atoms with E-state index in [1.807, 2.05) is 69.3 Å².